The molecule has 1 aliphatic rings. The van der Waals surface area contributed by atoms with Gasteiger partial charge in [-0.2, -0.15) is 0 Å². The van der Waals surface area contributed by atoms with E-state index in [2.05, 4.69) is 11.0 Å². The van der Waals surface area contributed by atoms with Gasteiger partial charge in [-0.05, 0) is 37.5 Å². The molecule has 4 heteroatoms. The predicted octanol–water partition coefficient (Wildman–Crippen LogP) is 3.41. The fraction of sp³-hybridized carbons (Fsp3) is 0.429. The number of hydrogen-bond acceptors (Lipinski definition) is 4. The van der Waals surface area contributed by atoms with Crippen molar-refractivity contribution >= 4 is 0 Å². The van der Waals surface area contributed by atoms with E-state index >= 15 is 0 Å². The number of methoxy groups -OCH3 is 1. The van der Waals surface area contributed by atoms with Gasteiger partial charge >= 0.3 is 0 Å². The van der Waals surface area contributed by atoms with E-state index < -0.39 is 6.10 Å². The molecular weight excluding hydrogens is 314 g/mol. The summed E-state index contributed by atoms with van der Waals surface area (Å²) in [5, 5.41) is 10.5. The van der Waals surface area contributed by atoms with Gasteiger partial charge in [0.1, 0.15) is 24.2 Å². The highest BCUT2D eigenvalue weighted by atomic mass is 16.5. The first-order valence-corrected chi connectivity index (χ1v) is 8.90. The zero-order valence-electron chi connectivity index (χ0n) is 15.0. The summed E-state index contributed by atoms with van der Waals surface area (Å²) in [5.74, 6) is 1.74. The molecule has 0 aliphatic heterocycles. The van der Waals surface area contributed by atoms with Gasteiger partial charge in [-0.15, -0.1) is 0 Å². The zero-order chi connectivity index (χ0) is 17.6. The lowest BCUT2D eigenvalue weighted by Gasteiger charge is -2.26. The van der Waals surface area contributed by atoms with Gasteiger partial charge in [-0.1, -0.05) is 36.4 Å². The number of rotatable bonds is 9. The molecule has 4 nitrogen and oxygen atoms in total. The van der Waals surface area contributed by atoms with E-state index in [1.165, 1.54) is 12.8 Å². The summed E-state index contributed by atoms with van der Waals surface area (Å²) < 4.78 is 11.2. The third-order valence-electron chi connectivity index (χ3n) is 4.60. The molecule has 25 heavy (non-hydrogen) atoms. The number of benzene rings is 2. The monoisotopic (exact) mass is 341 g/mol. The van der Waals surface area contributed by atoms with Crippen LogP contribution in [0, 0.1) is 6.92 Å². The van der Waals surface area contributed by atoms with Crippen LogP contribution in [0.4, 0.5) is 0 Å². The third kappa shape index (κ3) is 4.97. The van der Waals surface area contributed by atoms with Crippen LogP contribution in [0.3, 0.4) is 0 Å². The van der Waals surface area contributed by atoms with Crippen LogP contribution in [-0.2, 0) is 6.54 Å². The highest BCUT2D eigenvalue weighted by molar-refractivity contribution is 5.33. The maximum Gasteiger partial charge on any atom is 0.123 e. The van der Waals surface area contributed by atoms with E-state index in [4.69, 9.17) is 9.47 Å². The van der Waals surface area contributed by atoms with Gasteiger partial charge in [0, 0.05) is 24.7 Å². The summed E-state index contributed by atoms with van der Waals surface area (Å²) in [7, 11) is 1.70. The van der Waals surface area contributed by atoms with Crippen molar-refractivity contribution in [3.05, 3.63) is 59.7 Å². The first kappa shape index (κ1) is 17.8. The van der Waals surface area contributed by atoms with E-state index in [1.54, 1.807) is 7.11 Å². The van der Waals surface area contributed by atoms with Crippen molar-refractivity contribution in [3.8, 4) is 11.5 Å². The van der Waals surface area contributed by atoms with Crippen molar-refractivity contribution in [2.75, 3.05) is 20.3 Å². The van der Waals surface area contributed by atoms with Crippen LogP contribution in [0.15, 0.2) is 48.5 Å². The first-order chi connectivity index (χ1) is 12.2. The fourth-order valence-corrected chi connectivity index (χ4v) is 3.06. The lowest BCUT2D eigenvalue weighted by atomic mass is 10.1. The quantitative estimate of drug-likeness (QED) is 0.759. The molecule has 2 aromatic carbocycles. The Balaban J connectivity index is 1.57. The Morgan fingerprint density at radius 2 is 1.76 bits per heavy atom. The van der Waals surface area contributed by atoms with E-state index in [0.29, 0.717) is 19.2 Å². The number of ether oxygens (including phenoxy) is 2. The molecule has 1 N–H and O–H groups in total. The van der Waals surface area contributed by atoms with Crippen molar-refractivity contribution in [2.45, 2.75) is 38.5 Å². The minimum atomic E-state index is -0.519. The Morgan fingerprint density at radius 3 is 2.44 bits per heavy atom. The number of nitrogens with zero attached hydrogens (tertiary/aromatic N) is 1. The van der Waals surface area contributed by atoms with Crippen molar-refractivity contribution in [3.63, 3.8) is 0 Å². The summed E-state index contributed by atoms with van der Waals surface area (Å²) >= 11 is 0. The van der Waals surface area contributed by atoms with Crippen molar-refractivity contribution in [2.24, 2.45) is 0 Å². The Hall–Kier alpha value is -2.04. The van der Waals surface area contributed by atoms with Gasteiger partial charge in [0.25, 0.3) is 0 Å². The smallest absolute Gasteiger partial charge is 0.123 e. The average molecular weight is 341 g/mol. The standard InChI is InChI=1S/C21H27NO3/c1-16-7-3-5-9-20(16)25-15-19(23)14-22(18-11-12-18)13-17-8-4-6-10-21(17)24-2/h3-10,18-19,23H,11-15H2,1-2H3. The molecular formula is C21H27NO3. The van der Waals surface area contributed by atoms with Gasteiger partial charge < -0.3 is 14.6 Å². The largest absolute Gasteiger partial charge is 0.496 e. The maximum atomic E-state index is 10.5. The molecule has 3 rings (SSSR count). The number of aliphatic hydroxyl groups excluding tert-OH is 1. The summed E-state index contributed by atoms with van der Waals surface area (Å²) in [6, 6.07) is 16.5. The topological polar surface area (TPSA) is 41.9 Å². The van der Waals surface area contributed by atoms with Crippen molar-refractivity contribution in [1.82, 2.24) is 4.90 Å². The third-order valence-corrected chi connectivity index (χ3v) is 4.60. The minimum absolute atomic E-state index is 0.306. The summed E-state index contributed by atoms with van der Waals surface area (Å²) in [6.45, 7) is 3.71. The second-order valence-corrected chi connectivity index (χ2v) is 6.70. The molecule has 1 atom stereocenters. The van der Waals surface area contributed by atoms with Crippen LogP contribution in [0.2, 0.25) is 0 Å². The van der Waals surface area contributed by atoms with Gasteiger partial charge in [-0.25, -0.2) is 0 Å². The lowest BCUT2D eigenvalue weighted by Crippen LogP contribution is -2.36. The molecule has 0 heterocycles. The summed E-state index contributed by atoms with van der Waals surface area (Å²) in [6.07, 6.45) is 1.87. The molecule has 0 bridgehead atoms. The Morgan fingerprint density at radius 1 is 1.08 bits per heavy atom. The van der Waals surface area contributed by atoms with Gasteiger partial charge in [0.15, 0.2) is 0 Å². The molecule has 0 aromatic heterocycles. The van der Waals surface area contributed by atoms with Crippen LogP contribution >= 0.6 is 0 Å². The number of aryl methyl sites for hydroxylation is 1. The van der Waals surface area contributed by atoms with E-state index in [9.17, 15) is 5.11 Å². The van der Waals surface area contributed by atoms with Crippen LogP contribution < -0.4 is 9.47 Å². The average Bonchev–Trinajstić information content (AvgIpc) is 3.46. The summed E-state index contributed by atoms with van der Waals surface area (Å²) in [4.78, 5) is 2.34. The first-order valence-electron chi connectivity index (χ1n) is 8.90. The van der Waals surface area contributed by atoms with Crippen LogP contribution in [0.25, 0.3) is 0 Å². The van der Waals surface area contributed by atoms with E-state index in [0.717, 1.165) is 29.2 Å². The molecule has 0 radical (unpaired) electrons. The molecule has 0 spiro atoms. The van der Waals surface area contributed by atoms with E-state index in [1.807, 2.05) is 49.4 Å². The molecule has 1 unspecified atom stereocenters. The molecule has 0 saturated heterocycles. The van der Waals surface area contributed by atoms with E-state index in [-0.39, 0.29) is 0 Å². The molecule has 1 fully saturated rings. The minimum Gasteiger partial charge on any atom is -0.496 e. The molecule has 1 saturated carbocycles. The molecule has 0 amide bonds. The second-order valence-electron chi connectivity index (χ2n) is 6.70. The molecule has 134 valence electrons. The van der Waals surface area contributed by atoms with Crippen LogP contribution in [0.5, 0.6) is 11.5 Å². The van der Waals surface area contributed by atoms with Crippen LogP contribution in [0.1, 0.15) is 24.0 Å². The molecule has 1 aliphatic carbocycles. The number of hydrogen-bond donors (Lipinski definition) is 1. The van der Waals surface area contributed by atoms with Gasteiger partial charge in [0.05, 0.1) is 7.11 Å². The number of para-hydroxylation sites is 2. The zero-order valence-corrected chi connectivity index (χ0v) is 15.0. The van der Waals surface area contributed by atoms with Crippen LogP contribution in [-0.4, -0.2) is 42.4 Å². The second kappa shape index (κ2) is 8.37. The highest BCUT2D eigenvalue weighted by Gasteiger charge is 2.30. The van der Waals surface area contributed by atoms with Crippen molar-refractivity contribution in [1.29, 1.82) is 0 Å². The van der Waals surface area contributed by atoms with Gasteiger partial charge in [0.2, 0.25) is 0 Å². The highest BCUT2D eigenvalue weighted by Crippen LogP contribution is 2.30. The Labute approximate surface area is 150 Å². The van der Waals surface area contributed by atoms with Crippen molar-refractivity contribution < 1.29 is 14.6 Å². The Kier molecular flexibility index (Phi) is 5.95. The predicted molar refractivity (Wildman–Crippen MR) is 99.1 cm³/mol. The normalized spacial score (nSPS) is 15.2. The fourth-order valence-electron chi connectivity index (χ4n) is 3.06. The Bertz CT molecular complexity index is 684. The van der Waals surface area contributed by atoms with Gasteiger partial charge in [-0.3, -0.25) is 4.90 Å². The SMILES string of the molecule is COc1ccccc1CN(CC(O)COc1ccccc1C)C1CC1. The molecule has 2 aromatic rings. The number of aliphatic hydroxyl groups is 1. The summed E-state index contributed by atoms with van der Waals surface area (Å²) in [5.41, 5.74) is 2.24. The maximum absolute atomic E-state index is 10.5. The lowest BCUT2D eigenvalue weighted by molar-refractivity contribution is 0.0621.